The monoisotopic (exact) mass is 561 g/mol. The molecule has 3 heterocycles. The van der Waals surface area contributed by atoms with Crippen LogP contribution in [0.25, 0.3) is 77.5 Å². The molecule has 9 rings (SSSR count). The number of aromatic nitrogens is 3. The molecule has 0 radical (unpaired) electrons. The number of fused-ring (bicyclic) bond motifs is 6. The van der Waals surface area contributed by atoms with Crippen LogP contribution in [0.4, 0.5) is 0 Å². The van der Waals surface area contributed by atoms with Gasteiger partial charge in [-0.3, -0.25) is 9.13 Å². The molecule has 0 spiro atoms. The van der Waals surface area contributed by atoms with Gasteiger partial charge >= 0.3 is 0 Å². The fourth-order valence-electron chi connectivity index (χ4n) is 6.64. The summed E-state index contributed by atoms with van der Waals surface area (Å²) in [4.78, 5) is 5.49. The van der Waals surface area contributed by atoms with E-state index in [0.29, 0.717) is 0 Å². The van der Waals surface area contributed by atoms with Crippen molar-refractivity contribution in [2.45, 2.75) is 0 Å². The first kappa shape index (κ1) is 24.6. The Balaban J connectivity index is 1.29. The summed E-state index contributed by atoms with van der Waals surface area (Å²) >= 11 is 0. The lowest BCUT2D eigenvalue weighted by molar-refractivity contribution is 1.11. The van der Waals surface area contributed by atoms with Crippen LogP contribution in [-0.4, -0.2) is 14.1 Å². The lowest BCUT2D eigenvalue weighted by atomic mass is 10.1. The Kier molecular flexibility index (Phi) is 5.50. The molecule has 0 unspecified atom stereocenters. The van der Waals surface area contributed by atoms with Crippen molar-refractivity contribution in [3.8, 4) is 33.6 Å². The van der Waals surface area contributed by atoms with Crippen LogP contribution < -0.4 is 0 Å². The third-order valence-corrected chi connectivity index (χ3v) is 8.74. The van der Waals surface area contributed by atoms with Gasteiger partial charge in [-0.15, -0.1) is 0 Å². The summed E-state index contributed by atoms with van der Waals surface area (Å²) in [5, 5.41) is 4.71. The number of rotatable bonds is 4. The minimum atomic E-state index is 0.955. The van der Waals surface area contributed by atoms with Crippen LogP contribution in [0.2, 0.25) is 0 Å². The first-order chi connectivity index (χ1) is 21.8. The van der Waals surface area contributed by atoms with Crippen LogP contribution in [0.5, 0.6) is 0 Å². The lowest BCUT2D eigenvalue weighted by Crippen LogP contribution is -1.99. The van der Waals surface area contributed by atoms with Crippen LogP contribution in [0.1, 0.15) is 0 Å². The van der Waals surface area contributed by atoms with Crippen molar-refractivity contribution in [2.75, 3.05) is 0 Å². The van der Waals surface area contributed by atoms with Crippen molar-refractivity contribution < 1.29 is 0 Å². The van der Waals surface area contributed by atoms with E-state index in [0.717, 1.165) is 44.5 Å². The molecule has 0 atom stereocenters. The van der Waals surface area contributed by atoms with Crippen molar-refractivity contribution in [3.63, 3.8) is 0 Å². The maximum absolute atomic E-state index is 5.49. The number of nitrogens with zero attached hydrogens (tertiary/aromatic N) is 3. The second-order valence-corrected chi connectivity index (χ2v) is 11.3. The van der Waals surface area contributed by atoms with E-state index in [1.54, 1.807) is 0 Å². The molecule has 0 amide bonds. The summed E-state index contributed by atoms with van der Waals surface area (Å²) in [6, 6.07) is 58.3. The van der Waals surface area contributed by atoms with Crippen LogP contribution >= 0.6 is 0 Å². The Morgan fingerprint density at radius 1 is 0.318 bits per heavy atom. The third-order valence-electron chi connectivity index (χ3n) is 8.74. The zero-order chi connectivity index (χ0) is 29.0. The van der Waals surface area contributed by atoms with Gasteiger partial charge in [0, 0.05) is 32.9 Å². The highest BCUT2D eigenvalue weighted by Gasteiger charge is 2.19. The molecule has 0 aliphatic rings. The molecule has 9 aromatic rings. The quantitative estimate of drug-likeness (QED) is 0.210. The number of hydrogen-bond acceptors (Lipinski definition) is 1. The SMILES string of the molecule is c1ccc(-c2ccc(-n3c4ccccc4c4cc5c6ccccc6n(-c6ccc(-c7ccccc7)cc6)c5nc43)cc2)cc1. The summed E-state index contributed by atoms with van der Waals surface area (Å²) in [5.41, 5.74) is 11.2. The second-order valence-electron chi connectivity index (χ2n) is 11.3. The van der Waals surface area contributed by atoms with Crippen molar-refractivity contribution in [1.29, 1.82) is 0 Å². The molecule has 0 saturated heterocycles. The lowest BCUT2D eigenvalue weighted by Gasteiger charge is -2.11. The van der Waals surface area contributed by atoms with Gasteiger partial charge in [0.1, 0.15) is 11.3 Å². The topological polar surface area (TPSA) is 22.8 Å². The van der Waals surface area contributed by atoms with Crippen LogP contribution in [-0.2, 0) is 0 Å². The van der Waals surface area contributed by atoms with E-state index in [4.69, 9.17) is 4.98 Å². The molecule has 0 N–H and O–H groups in total. The summed E-state index contributed by atoms with van der Waals surface area (Å²) in [6.45, 7) is 0. The van der Waals surface area contributed by atoms with Gasteiger partial charge < -0.3 is 0 Å². The molecule has 0 fully saturated rings. The van der Waals surface area contributed by atoms with Gasteiger partial charge in [0.25, 0.3) is 0 Å². The number of hydrogen-bond donors (Lipinski definition) is 0. The normalized spacial score (nSPS) is 11.6. The Bertz CT molecular complexity index is 2280. The zero-order valence-electron chi connectivity index (χ0n) is 23.9. The van der Waals surface area contributed by atoms with E-state index in [2.05, 4.69) is 173 Å². The summed E-state index contributed by atoms with van der Waals surface area (Å²) < 4.78 is 4.61. The van der Waals surface area contributed by atoms with Gasteiger partial charge in [-0.1, -0.05) is 121 Å². The van der Waals surface area contributed by atoms with Crippen molar-refractivity contribution >= 4 is 43.9 Å². The molecule has 0 aliphatic heterocycles. The molecule has 206 valence electrons. The van der Waals surface area contributed by atoms with Crippen molar-refractivity contribution in [2.24, 2.45) is 0 Å². The Hall–Kier alpha value is -5.93. The maximum atomic E-state index is 5.49. The molecule has 0 saturated carbocycles. The Labute approximate surface area is 254 Å². The molecule has 6 aromatic carbocycles. The molecule has 0 bridgehead atoms. The second kappa shape index (κ2) is 9.82. The van der Waals surface area contributed by atoms with Gasteiger partial charge in [-0.05, 0) is 64.7 Å². The Morgan fingerprint density at radius 3 is 1.11 bits per heavy atom. The predicted octanol–water partition coefficient (Wildman–Crippen LogP) is 10.6. The van der Waals surface area contributed by atoms with Gasteiger partial charge in [-0.25, -0.2) is 4.98 Å². The minimum absolute atomic E-state index is 0.955. The molecule has 3 aromatic heterocycles. The van der Waals surface area contributed by atoms with Crippen molar-refractivity contribution in [1.82, 2.24) is 14.1 Å². The minimum Gasteiger partial charge on any atom is -0.294 e. The van der Waals surface area contributed by atoms with Gasteiger partial charge in [0.15, 0.2) is 0 Å². The van der Waals surface area contributed by atoms with Gasteiger partial charge in [0.2, 0.25) is 0 Å². The van der Waals surface area contributed by atoms with E-state index in [1.807, 2.05) is 0 Å². The number of para-hydroxylation sites is 2. The van der Waals surface area contributed by atoms with Gasteiger partial charge in [0.05, 0.1) is 11.0 Å². The fraction of sp³-hybridized carbons (Fsp3) is 0. The predicted molar refractivity (Wildman–Crippen MR) is 184 cm³/mol. The van der Waals surface area contributed by atoms with Crippen LogP contribution in [0, 0.1) is 0 Å². The maximum Gasteiger partial charge on any atom is 0.148 e. The largest absolute Gasteiger partial charge is 0.294 e. The number of pyridine rings is 1. The first-order valence-electron chi connectivity index (χ1n) is 15.0. The highest BCUT2D eigenvalue weighted by Crippen LogP contribution is 2.38. The summed E-state index contributed by atoms with van der Waals surface area (Å²) in [6.07, 6.45) is 0. The van der Waals surface area contributed by atoms with Crippen molar-refractivity contribution in [3.05, 3.63) is 164 Å². The molecule has 3 heteroatoms. The summed E-state index contributed by atoms with van der Waals surface area (Å²) in [5.74, 6) is 0. The molecular formula is C41H27N3. The fourth-order valence-corrected chi connectivity index (χ4v) is 6.64. The highest BCUT2D eigenvalue weighted by atomic mass is 15.1. The van der Waals surface area contributed by atoms with E-state index >= 15 is 0 Å². The molecule has 3 nitrogen and oxygen atoms in total. The molecule has 0 aliphatic carbocycles. The van der Waals surface area contributed by atoms with Crippen LogP contribution in [0.3, 0.4) is 0 Å². The van der Waals surface area contributed by atoms with E-state index in [9.17, 15) is 0 Å². The van der Waals surface area contributed by atoms with Crippen LogP contribution in [0.15, 0.2) is 164 Å². The molecule has 44 heavy (non-hydrogen) atoms. The third kappa shape index (κ3) is 3.80. The number of benzene rings is 6. The average molecular weight is 562 g/mol. The van der Waals surface area contributed by atoms with E-state index in [-0.39, 0.29) is 0 Å². The van der Waals surface area contributed by atoms with E-state index in [1.165, 1.54) is 33.0 Å². The standard InChI is InChI=1S/C41H27N3/c1-3-11-28(12-4-1)30-19-23-32(24-20-30)43-38-17-9-7-15-34(38)36-27-37-35-16-8-10-18-39(35)44(41(37)42-40(36)43)33-25-21-31(22-26-33)29-13-5-2-6-14-29/h1-27H. The average Bonchev–Trinajstić information content (AvgIpc) is 3.60. The Morgan fingerprint density at radius 2 is 0.682 bits per heavy atom. The highest BCUT2D eigenvalue weighted by molar-refractivity contribution is 6.16. The summed E-state index contributed by atoms with van der Waals surface area (Å²) in [7, 11) is 0. The van der Waals surface area contributed by atoms with E-state index < -0.39 is 0 Å². The van der Waals surface area contributed by atoms with Gasteiger partial charge in [-0.2, -0.15) is 0 Å². The zero-order valence-corrected chi connectivity index (χ0v) is 23.9. The first-order valence-corrected chi connectivity index (χ1v) is 15.0. The molecular weight excluding hydrogens is 534 g/mol. The smallest absolute Gasteiger partial charge is 0.148 e.